The van der Waals surface area contributed by atoms with Gasteiger partial charge in [0.1, 0.15) is 0 Å². The molecule has 0 spiro atoms. The molecule has 0 aliphatic heterocycles. The van der Waals surface area contributed by atoms with Crippen molar-refractivity contribution in [3.05, 3.63) is 24.5 Å². The van der Waals surface area contributed by atoms with E-state index in [4.69, 9.17) is 0 Å². The van der Waals surface area contributed by atoms with Gasteiger partial charge in [0.15, 0.2) is 0 Å². The van der Waals surface area contributed by atoms with Crippen molar-refractivity contribution < 1.29 is 14.3 Å². The highest BCUT2D eigenvalue weighted by Gasteiger charge is 1.93. The molecule has 0 aliphatic carbocycles. The maximum atomic E-state index is 9.81. The number of carbonyl (C=O) groups excluding carboxylic acids is 2. The number of nitrogens with zero attached hydrogens (tertiary/aromatic N) is 2. The fourth-order valence-corrected chi connectivity index (χ4v) is 0.845. The van der Waals surface area contributed by atoms with Crippen molar-refractivity contribution in [2.24, 2.45) is 0 Å². The van der Waals surface area contributed by atoms with Crippen molar-refractivity contribution in [2.75, 3.05) is 19.0 Å². The molecule has 0 N–H and O–H groups in total. The molecule has 0 unspecified atom stereocenters. The maximum absolute atomic E-state index is 9.81. The van der Waals surface area contributed by atoms with E-state index in [-0.39, 0.29) is 0 Å². The molecule has 1 aromatic rings. The van der Waals surface area contributed by atoms with Crippen LogP contribution in [0.1, 0.15) is 34.1 Å². The molecule has 0 aromatic carbocycles. The third-order valence-electron chi connectivity index (χ3n) is 1.47. The number of ether oxygens (including phenoxy) is 1. The predicted molar refractivity (Wildman–Crippen MR) is 77.0 cm³/mol. The van der Waals surface area contributed by atoms with E-state index in [0.29, 0.717) is 0 Å². The molecule has 5 nitrogen and oxygen atoms in total. The average molecular weight is 268 g/mol. The fraction of sp³-hybridized carbons (Fsp3) is 0.500. The molecule has 0 bridgehead atoms. The Morgan fingerprint density at radius 2 is 1.47 bits per heavy atom. The summed E-state index contributed by atoms with van der Waals surface area (Å²) < 4.78 is 3.97. The summed E-state index contributed by atoms with van der Waals surface area (Å²) in [6, 6.07) is 3.94. The molecule has 0 atom stereocenters. The quantitative estimate of drug-likeness (QED) is 0.579. The number of esters is 2. The molecule has 19 heavy (non-hydrogen) atoms. The molecule has 0 radical (unpaired) electrons. The minimum atomic E-state index is -0.562. The first kappa shape index (κ1) is 19.4. The highest BCUT2D eigenvalue weighted by Crippen LogP contribution is 2.05. The van der Waals surface area contributed by atoms with Crippen LogP contribution >= 0.6 is 0 Å². The van der Waals surface area contributed by atoms with Crippen LogP contribution in [0.25, 0.3) is 0 Å². The molecule has 0 saturated carbocycles. The molecule has 0 amide bonds. The van der Waals surface area contributed by atoms with Gasteiger partial charge >= 0.3 is 11.9 Å². The smallest absolute Gasteiger partial charge is 0.310 e. The summed E-state index contributed by atoms with van der Waals surface area (Å²) in [6.45, 7) is 6.61. The largest absolute Gasteiger partial charge is 0.394 e. The summed E-state index contributed by atoms with van der Waals surface area (Å²) in [5.74, 6) is -1.12. The number of aromatic nitrogens is 1. The molecule has 108 valence electrons. The zero-order valence-corrected chi connectivity index (χ0v) is 12.6. The lowest BCUT2D eigenvalue weighted by Crippen LogP contribution is -2.07. The van der Waals surface area contributed by atoms with Gasteiger partial charge in [-0.15, -0.1) is 0 Å². The van der Waals surface area contributed by atoms with E-state index < -0.39 is 11.9 Å². The first-order valence-electron chi connectivity index (χ1n) is 6.11. The molecule has 0 saturated heterocycles. The Morgan fingerprint density at radius 3 is 1.63 bits per heavy atom. The van der Waals surface area contributed by atoms with Crippen LogP contribution in [0.3, 0.4) is 0 Å². The lowest BCUT2D eigenvalue weighted by Gasteiger charge is -2.10. The highest BCUT2D eigenvalue weighted by atomic mass is 16.6. The van der Waals surface area contributed by atoms with Gasteiger partial charge in [0, 0.05) is 46.0 Å². The zero-order valence-electron chi connectivity index (χ0n) is 12.6. The number of carbonyl (C=O) groups is 2. The third kappa shape index (κ3) is 16.1. The monoisotopic (exact) mass is 268 g/mol. The first-order chi connectivity index (χ1) is 8.84. The number of anilines is 1. The third-order valence-corrected chi connectivity index (χ3v) is 1.47. The number of hydrogen-bond donors (Lipinski definition) is 0. The summed E-state index contributed by atoms with van der Waals surface area (Å²) in [6.07, 6.45) is 4.82. The van der Waals surface area contributed by atoms with Crippen LogP contribution in [0.5, 0.6) is 0 Å². The summed E-state index contributed by atoms with van der Waals surface area (Å²) in [7, 11) is 4.02. The van der Waals surface area contributed by atoms with Gasteiger partial charge in [-0.3, -0.25) is 14.6 Å². The Kier molecular flexibility index (Phi) is 12.8. The Morgan fingerprint density at radius 1 is 1.11 bits per heavy atom. The van der Waals surface area contributed by atoms with Crippen LogP contribution in [0.4, 0.5) is 5.69 Å². The van der Waals surface area contributed by atoms with Gasteiger partial charge in [-0.2, -0.15) is 0 Å². The van der Waals surface area contributed by atoms with Crippen LogP contribution in [0.15, 0.2) is 24.5 Å². The SMILES string of the molecule is CC(=O)OC(C)=O.CCC.CN(C)c1ccncc1. The van der Waals surface area contributed by atoms with E-state index in [2.05, 4.69) is 23.6 Å². The summed E-state index contributed by atoms with van der Waals surface area (Å²) in [5, 5.41) is 0. The molecular weight excluding hydrogens is 244 g/mol. The highest BCUT2D eigenvalue weighted by molar-refractivity contribution is 5.82. The molecule has 5 heteroatoms. The maximum Gasteiger partial charge on any atom is 0.310 e. The van der Waals surface area contributed by atoms with Crippen molar-refractivity contribution in [3.8, 4) is 0 Å². The standard InChI is InChI=1S/C7H10N2.C4H6O3.C3H8/c1-9(2)7-3-5-8-6-4-7;1-3(5)7-4(2)6;1-3-2/h3-6H,1-2H3;1-2H3;3H2,1-2H3. The van der Waals surface area contributed by atoms with Crippen molar-refractivity contribution in [3.63, 3.8) is 0 Å². The van der Waals surface area contributed by atoms with Gasteiger partial charge in [0.25, 0.3) is 0 Å². The number of hydrogen-bond acceptors (Lipinski definition) is 5. The number of pyridine rings is 1. The van der Waals surface area contributed by atoms with Crippen molar-refractivity contribution in [2.45, 2.75) is 34.1 Å². The molecule has 0 aliphatic rings. The Hall–Kier alpha value is -1.91. The normalized spacial score (nSPS) is 8.11. The van der Waals surface area contributed by atoms with E-state index in [1.54, 1.807) is 12.4 Å². The summed E-state index contributed by atoms with van der Waals surface area (Å²) >= 11 is 0. The minimum Gasteiger partial charge on any atom is -0.394 e. The average Bonchev–Trinajstić information content (AvgIpc) is 2.30. The van der Waals surface area contributed by atoms with E-state index in [9.17, 15) is 9.59 Å². The van der Waals surface area contributed by atoms with E-state index in [1.807, 2.05) is 31.1 Å². The van der Waals surface area contributed by atoms with E-state index in [1.165, 1.54) is 26.0 Å². The molecule has 1 heterocycles. The van der Waals surface area contributed by atoms with Crippen LogP contribution in [0, 0.1) is 0 Å². The Balaban J connectivity index is 0. The van der Waals surface area contributed by atoms with Crippen LogP contribution < -0.4 is 4.90 Å². The second-order valence-corrected chi connectivity index (χ2v) is 3.89. The van der Waals surface area contributed by atoms with Crippen molar-refractivity contribution in [1.29, 1.82) is 0 Å². The lowest BCUT2D eigenvalue weighted by molar-refractivity contribution is -0.156. The summed E-state index contributed by atoms with van der Waals surface area (Å²) in [4.78, 5) is 25.6. The van der Waals surface area contributed by atoms with E-state index >= 15 is 0 Å². The first-order valence-corrected chi connectivity index (χ1v) is 6.11. The van der Waals surface area contributed by atoms with Gasteiger partial charge in [0.05, 0.1) is 0 Å². The van der Waals surface area contributed by atoms with Crippen LogP contribution in [-0.2, 0) is 14.3 Å². The predicted octanol–water partition coefficient (Wildman–Crippen LogP) is 2.66. The van der Waals surface area contributed by atoms with E-state index in [0.717, 1.165) is 0 Å². The fourth-order valence-electron chi connectivity index (χ4n) is 0.845. The Bertz CT molecular complexity index is 339. The minimum absolute atomic E-state index is 0.562. The zero-order chi connectivity index (χ0) is 15.3. The molecule has 0 fully saturated rings. The molecular formula is C14H24N2O3. The Labute approximate surface area is 115 Å². The van der Waals surface area contributed by atoms with Gasteiger partial charge in [-0.05, 0) is 12.1 Å². The molecule has 1 rings (SSSR count). The van der Waals surface area contributed by atoms with Crippen LogP contribution in [0.2, 0.25) is 0 Å². The lowest BCUT2D eigenvalue weighted by atomic mass is 10.4. The summed E-state index contributed by atoms with van der Waals surface area (Å²) in [5.41, 5.74) is 1.19. The second kappa shape index (κ2) is 12.5. The number of rotatable bonds is 1. The van der Waals surface area contributed by atoms with Crippen molar-refractivity contribution >= 4 is 17.6 Å². The van der Waals surface area contributed by atoms with Gasteiger partial charge < -0.3 is 9.64 Å². The van der Waals surface area contributed by atoms with Gasteiger partial charge in [0.2, 0.25) is 0 Å². The van der Waals surface area contributed by atoms with Gasteiger partial charge in [-0.1, -0.05) is 20.3 Å². The van der Waals surface area contributed by atoms with Gasteiger partial charge in [-0.25, -0.2) is 0 Å². The van der Waals surface area contributed by atoms with Crippen LogP contribution in [-0.4, -0.2) is 31.0 Å². The second-order valence-electron chi connectivity index (χ2n) is 3.89. The molecule has 1 aromatic heterocycles. The van der Waals surface area contributed by atoms with Crippen molar-refractivity contribution in [1.82, 2.24) is 4.98 Å². The topological polar surface area (TPSA) is 59.5 Å².